The van der Waals surface area contributed by atoms with Crippen LogP contribution in [0.3, 0.4) is 0 Å². The third-order valence-electron chi connectivity index (χ3n) is 5.60. The van der Waals surface area contributed by atoms with Crippen molar-refractivity contribution in [3.8, 4) is 16.9 Å². The van der Waals surface area contributed by atoms with E-state index in [-0.39, 0.29) is 6.61 Å². The molecule has 0 bridgehead atoms. The number of rotatable bonds is 5. The largest absolute Gasteiger partial charge is 0.482 e. The highest BCUT2D eigenvalue weighted by Gasteiger charge is 2.30. The van der Waals surface area contributed by atoms with Gasteiger partial charge in [0.1, 0.15) is 5.75 Å². The number of fused-ring (bicyclic) bond motifs is 1. The number of carboxylic acids is 1. The van der Waals surface area contributed by atoms with Gasteiger partial charge in [0.2, 0.25) is 0 Å². The molecule has 0 saturated heterocycles. The summed E-state index contributed by atoms with van der Waals surface area (Å²) in [7, 11) is 0. The lowest BCUT2D eigenvalue weighted by Crippen LogP contribution is -2.25. The summed E-state index contributed by atoms with van der Waals surface area (Å²) in [5.74, 6) is -0.469. The Balaban J connectivity index is 1.49. The molecule has 0 amide bonds. The van der Waals surface area contributed by atoms with Crippen molar-refractivity contribution in [3.63, 3.8) is 0 Å². The zero-order chi connectivity index (χ0) is 22.7. The number of carbonyl (C=O) groups is 1. The Kier molecular flexibility index (Phi) is 6.08. The Hall–Kier alpha value is -3.48. The van der Waals surface area contributed by atoms with Crippen LogP contribution in [0.15, 0.2) is 66.7 Å². The van der Waals surface area contributed by atoms with E-state index in [9.17, 15) is 18.0 Å². The van der Waals surface area contributed by atoms with Gasteiger partial charge in [-0.3, -0.25) is 0 Å². The summed E-state index contributed by atoms with van der Waals surface area (Å²) in [5, 5.41) is 8.79. The standard InChI is InChI=1S/C25H22F3NO3/c26-25(27,28)21-7-4-17(5-8-21)19-2-1-3-22(14-19)29-12-10-18-6-9-23(32-16-24(30)31)15-20(18)11-13-29/h1-9,14-15H,10-13,16H2,(H,30,31). The maximum Gasteiger partial charge on any atom is 0.416 e. The predicted octanol–water partition coefficient (Wildman–Crippen LogP) is 5.44. The molecule has 0 spiro atoms. The fraction of sp³-hybridized carbons (Fsp3) is 0.240. The van der Waals surface area contributed by atoms with Gasteiger partial charge in [-0.1, -0.05) is 30.3 Å². The highest BCUT2D eigenvalue weighted by Crippen LogP contribution is 2.32. The summed E-state index contributed by atoms with van der Waals surface area (Å²) in [6.45, 7) is 1.20. The minimum absolute atomic E-state index is 0.373. The molecular formula is C25H22F3NO3. The minimum atomic E-state index is -4.35. The molecule has 4 nitrogen and oxygen atoms in total. The van der Waals surface area contributed by atoms with E-state index in [2.05, 4.69) is 4.90 Å². The van der Waals surface area contributed by atoms with Crippen LogP contribution in [-0.2, 0) is 23.8 Å². The summed E-state index contributed by atoms with van der Waals surface area (Å²) in [5.41, 5.74) is 4.29. The number of nitrogens with zero attached hydrogens (tertiary/aromatic N) is 1. The molecule has 0 saturated carbocycles. The van der Waals surface area contributed by atoms with Crippen molar-refractivity contribution in [2.24, 2.45) is 0 Å². The van der Waals surface area contributed by atoms with Crippen molar-refractivity contribution in [2.75, 3.05) is 24.6 Å². The van der Waals surface area contributed by atoms with Crippen LogP contribution < -0.4 is 9.64 Å². The van der Waals surface area contributed by atoms with E-state index >= 15 is 0 Å². The van der Waals surface area contributed by atoms with Gasteiger partial charge >= 0.3 is 12.1 Å². The molecule has 1 heterocycles. The van der Waals surface area contributed by atoms with Gasteiger partial charge in [-0.25, -0.2) is 4.79 Å². The van der Waals surface area contributed by atoms with Gasteiger partial charge in [0.15, 0.2) is 6.61 Å². The second-order valence-corrected chi connectivity index (χ2v) is 7.73. The first-order valence-corrected chi connectivity index (χ1v) is 10.3. The van der Waals surface area contributed by atoms with Crippen molar-refractivity contribution in [3.05, 3.63) is 83.4 Å². The number of hydrogen-bond acceptors (Lipinski definition) is 3. The summed E-state index contributed by atoms with van der Waals surface area (Å²) in [6.07, 6.45) is -2.73. The van der Waals surface area contributed by atoms with Gasteiger partial charge in [0, 0.05) is 18.8 Å². The van der Waals surface area contributed by atoms with E-state index in [1.54, 1.807) is 6.07 Å². The second kappa shape index (κ2) is 8.94. The highest BCUT2D eigenvalue weighted by molar-refractivity contribution is 5.69. The predicted molar refractivity (Wildman–Crippen MR) is 116 cm³/mol. The van der Waals surface area contributed by atoms with Gasteiger partial charge in [-0.2, -0.15) is 13.2 Å². The molecule has 0 radical (unpaired) electrons. The first kappa shape index (κ1) is 21.7. The van der Waals surface area contributed by atoms with Crippen LogP contribution in [0.5, 0.6) is 5.75 Å². The smallest absolute Gasteiger partial charge is 0.416 e. The fourth-order valence-electron chi connectivity index (χ4n) is 3.93. The Bertz CT molecular complexity index is 1110. The zero-order valence-electron chi connectivity index (χ0n) is 17.2. The molecule has 1 aliphatic rings. The number of hydrogen-bond donors (Lipinski definition) is 1. The highest BCUT2D eigenvalue weighted by atomic mass is 19.4. The average Bonchev–Trinajstić information content (AvgIpc) is 2.99. The van der Waals surface area contributed by atoms with Crippen LogP contribution in [0, 0.1) is 0 Å². The number of anilines is 1. The van der Waals surface area contributed by atoms with Crippen LogP contribution in [0.25, 0.3) is 11.1 Å². The first-order chi connectivity index (χ1) is 15.3. The molecule has 4 rings (SSSR count). The molecule has 7 heteroatoms. The van der Waals surface area contributed by atoms with Crippen LogP contribution in [0.4, 0.5) is 18.9 Å². The van der Waals surface area contributed by atoms with E-state index in [4.69, 9.17) is 9.84 Å². The molecular weight excluding hydrogens is 419 g/mol. The lowest BCUT2D eigenvalue weighted by atomic mass is 10.0. The number of ether oxygens (including phenoxy) is 1. The quantitative estimate of drug-likeness (QED) is 0.573. The SMILES string of the molecule is O=C(O)COc1ccc2c(c1)CCN(c1cccc(-c3ccc(C(F)(F)F)cc3)c1)CC2. The summed E-state index contributed by atoms with van der Waals surface area (Å²) in [4.78, 5) is 13.0. The number of carboxylic acid groups (broad SMARTS) is 1. The molecule has 1 N–H and O–H groups in total. The minimum Gasteiger partial charge on any atom is -0.482 e. The molecule has 1 aliphatic heterocycles. The molecule has 3 aromatic rings. The molecule has 0 unspecified atom stereocenters. The molecule has 0 aliphatic carbocycles. The van der Waals surface area contributed by atoms with Crippen LogP contribution >= 0.6 is 0 Å². The van der Waals surface area contributed by atoms with Gasteiger partial charge < -0.3 is 14.7 Å². The van der Waals surface area contributed by atoms with Gasteiger partial charge in [-0.05, 0) is 71.5 Å². The van der Waals surface area contributed by atoms with Crippen molar-refractivity contribution in [2.45, 2.75) is 19.0 Å². The van der Waals surface area contributed by atoms with Crippen molar-refractivity contribution in [1.82, 2.24) is 0 Å². The van der Waals surface area contributed by atoms with Crippen LogP contribution in [-0.4, -0.2) is 30.8 Å². The van der Waals surface area contributed by atoms with Gasteiger partial charge in [-0.15, -0.1) is 0 Å². The molecule has 0 aromatic heterocycles. The zero-order valence-corrected chi connectivity index (χ0v) is 17.2. The third kappa shape index (κ3) is 5.04. The maximum absolute atomic E-state index is 12.8. The van der Waals surface area contributed by atoms with Crippen LogP contribution in [0.2, 0.25) is 0 Å². The summed E-state index contributed by atoms with van der Waals surface area (Å²) >= 11 is 0. The average molecular weight is 441 g/mol. The monoisotopic (exact) mass is 441 g/mol. The topological polar surface area (TPSA) is 49.8 Å². The maximum atomic E-state index is 12.8. The Morgan fingerprint density at radius 3 is 2.31 bits per heavy atom. The van der Waals surface area contributed by atoms with E-state index in [0.29, 0.717) is 5.75 Å². The van der Waals surface area contributed by atoms with E-state index < -0.39 is 17.7 Å². The molecule has 0 fully saturated rings. The van der Waals surface area contributed by atoms with Gasteiger partial charge in [0.25, 0.3) is 0 Å². The molecule has 32 heavy (non-hydrogen) atoms. The lowest BCUT2D eigenvalue weighted by Gasteiger charge is -2.23. The summed E-state index contributed by atoms with van der Waals surface area (Å²) < 4.78 is 43.8. The van der Waals surface area contributed by atoms with Crippen molar-refractivity contribution < 1.29 is 27.8 Å². The first-order valence-electron chi connectivity index (χ1n) is 10.3. The normalized spacial score (nSPS) is 13.9. The molecule has 166 valence electrons. The lowest BCUT2D eigenvalue weighted by molar-refractivity contribution is -0.139. The Labute approximate surface area is 183 Å². The number of aliphatic carboxylic acids is 1. The molecule has 0 atom stereocenters. The number of halogens is 3. The van der Waals surface area contributed by atoms with E-state index in [1.807, 2.05) is 36.4 Å². The van der Waals surface area contributed by atoms with E-state index in [0.717, 1.165) is 60.4 Å². The number of benzene rings is 3. The van der Waals surface area contributed by atoms with Crippen LogP contribution in [0.1, 0.15) is 16.7 Å². The fourth-order valence-corrected chi connectivity index (χ4v) is 3.93. The van der Waals surface area contributed by atoms with Crippen molar-refractivity contribution >= 4 is 11.7 Å². The Morgan fingerprint density at radius 2 is 1.62 bits per heavy atom. The van der Waals surface area contributed by atoms with Gasteiger partial charge in [0.05, 0.1) is 5.56 Å². The second-order valence-electron chi connectivity index (χ2n) is 7.73. The number of alkyl halides is 3. The van der Waals surface area contributed by atoms with E-state index in [1.165, 1.54) is 17.7 Å². The third-order valence-corrected chi connectivity index (χ3v) is 5.60. The van der Waals surface area contributed by atoms with Crippen molar-refractivity contribution in [1.29, 1.82) is 0 Å². The Morgan fingerprint density at radius 1 is 0.906 bits per heavy atom. The molecule has 3 aromatic carbocycles. The summed E-state index contributed by atoms with van der Waals surface area (Å²) in [6, 6.07) is 18.7.